The van der Waals surface area contributed by atoms with E-state index in [0.29, 0.717) is 10.6 Å². The van der Waals surface area contributed by atoms with Crippen LogP contribution in [0.25, 0.3) is 6.08 Å². The van der Waals surface area contributed by atoms with E-state index in [0.717, 1.165) is 6.08 Å². The molecule has 3 nitrogen and oxygen atoms in total. The third-order valence-electron chi connectivity index (χ3n) is 1.64. The van der Waals surface area contributed by atoms with E-state index in [1.807, 2.05) is 6.07 Å². The van der Waals surface area contributed by atoms with Gasteiger partial charge in [-0.25, -0.2) is 4.79 Å². The van der Waals surface area contributed by atoms with Gasteiger partial charge in [-0.3, -0.25) is 0 Å². The number of aliphatic carboxylic acids is 1. The van der Waals surface area contributed by atoms with Gasteiger partial charge in [0.1, 0.15) is 6.07 Å². The second kappa shape index (κ2) is 4.83. The third-order valence-corrected chi connectivity index (χ3v) is 2.38. The summed E-state index contributed by atoms with van der Waals surface area (Å²) in [5.74, 6) is -1.11. The zero-order chi connectivity index (χ0) is 11.4. The second-order valence-corrected chi connectivity index (χ2v) is 3.39. The van der Waals surface area contributed by atoms with E-state index in [1.165, 1.54) is 18.2 Å². The van der Waals surface area contributed by atoms with Crippen molar-refractivity contribution in [2.45, 2.75) is 0 Å². The summed E-state index contributed by atoms with van der Waals surface area (Å²) in [6.07, 6.45) is 2.17. The molecule has 0 fully saturated rings. The summed E-state index contributed by atoms with van der Waals surface area (Å²) in [6, 6.07) is 4.85. The van der Waals surface area contributed by atoms with Crippen LogP contribution < -0.4 is 0 Å². The van der Waals surface area contributed by atoms with Crippen LogP contribution in [0.1, 0.15) is 11.1 Å². The highest BCUT2D eigenvalue weighted by molar-refractivity contribution is 6.37. The predicted molar refractivity (Wildman–Crippen MR) is 57.8 cm³/mol. The summed E-state index contributed by atoms with van der Waals surface area (Å²) < 4.78 is 0. The van der Waals surface area contributed by atoms with Crippen molar-refractivity contribution in [3.63, 3.8) is 0 Å². The summed E-state index contributed by atoms with van der Waals surface area (Å²) in [4.78, 5) is 10.3. The first-order chi connectivity index (χ1) is 7.06. The molecule has 0 saturated heterocycles. The molecule has 0 aliphatic carbocycles. The second-order valence-electron chi connectivity index (χ2n) is 2.61. The minimum Gasteiger partial charge on any atom is -0.478 e. The maximum atomic E-state index is 10.3. The Bertz CT molecular complexity index is 475. The molecule has 0 spiro atoms. The summed E-state index contributed by atoms with van der Waals surface area (Å²) in [7, 11) is 0. The predicted octanol–water partition coefficient (Wildman–Crippen LogP) is 2.96. The van der Waals surface area contributed by atoms with Gasteiger partial charge in [0.25, 0.3) is 0 Å². The van der Waals surface area contributed by atoms with Gasteiger partial charge in [0.2, 0.25) is 0 Å². The lowest BCUT2D eigenvalue weighted by molar-refractivity contribution is -0.131. The number of nitrogens with zero attached hydrogens (tertiary/aromatic N) is 1. The zero-order valence-corrected chi connectivity index (χ0v) is 8.88. The average molecular weight is 242 g/mol. The van der Waals surface area contributed by atoms with Crippen molar-refractivity contribution in [2.24, 2.45) is 0 Å². The maximum Gasteiger partial charge on any atom is 0.328 e. The van der Waals surface area contributed by atoms with Crippen LogP contribution in [0.2, 0.25) is 10.0 Å². The van der Waals surface area contributed by atoms with Crippen LogP contribution in [0.15, 0.2) is 18.2 Å². The standard InChI is InChI=1S/C10H5Cl2NO2/c11-8-3-1-6(5-13)10(12)7(8)2-4-9(14)15/h1-4H,(H,14,15)/b4-2+. The third kappa shape index (κ3) is 2.72. The first-order valence-corrected chi connectivity index (χ1v) is 4.61. The highest BCUT2D eigenvalue weighted by Crippen LogP contribution is 2.28. The quantitative estimate of drug-likeness (QED) is 0.811. The van der Waals surface area contributed by atoms with Gasteiger partial charge in [0.15, 0.2) is 0 Å². The average Bonchev–Trinajstić information content (AvgIpc) is 2.17. The molecule has 0 aliphatic heterocycles. The molecular weight excluding hydrogens is 237 g/mol. The fraction of sp³-hybridized carbons (Fsp3) is 0. The zero-order valence-electron chi connectivity index (χ0n) is 7.37. The number of carboxylic acid groups (broad SMARTS) is 1. The summed E-state index contributed by atoms with van der Waals surface area (Å²) in [6.45, 7) is 0. The summed E-state index contributed by atoms with van der Waals surface area (Å²) in [5, 5.41) is 17.6. The minimum absolute atomic E-state index is 0.155. The molecule has 76 valence electrons. The molecule has 0 atom stereocenters. The van der Waals surface area contributed by atoms with Crippen molar-refractivity contribution in [1.29, 1.82) is 5.26 Å². The van der Waals surface area contributed by atoms with Gasteiger partial charge < -0.3 is 5.11 Å². The van der Waals surface area contributed by atoms with Gasteiger partial charge in [0.05, 0.1) is 10.6 Å². The van der Waals surface area contributed by atoms with Crippen molar-refractivity contribution in [3.8, 4) is 6.07 Å². The van der Waals surface area contributed by atoms with Crippen LogP contribution in [-0.2, 0) is 4.79 Å². The Hall–Kier alpha value is -1.50. The van der Waals surface area contributed by atoms with Gasteiger partial charge in [-0.15, -0.1) is 0 Å². The van der Waals surface area contributed by atoms with Crippen LogP contribution >= 0.6 is 23.2 Å². The first-order valence-electron chi connectivity index (χ1n) is 3.85. The smallest absolute Gasteiger partial charge is 0.328 e. The first kappa shape index (κ1) is 11.6. The maximum absolute atomic E-state index is 10.3. The number of hydrogen-bond donors (Lipinski definition) is 1. The van der Waals surface area contributed by atoms with E-state index in [-0.39, 0.29) is 10.6 Å². The van der Waals surface area contributed by atoms with Crippen molar-refractivity contribution in [3.05, 3.63) is 39.4 Å². The molecule has 0 bridgehead atoms. The Morgan fingerprint density at radius 2 is 2.13 bits per heavy atom. The van der Waals surface area contributed by atoms with Gasteiger partial charge in [-0.2, -0.15) is 5.26 Å². The normalized spacial score (nSPS) is 10.2. The molecule has 1 aromatic carbocycles. The summed E-state index contributed by atoms with van der Waals surface area (Å²) >= 11 is 11.7. The number of carboxylic acids is 1. The van der Waals surface area contributed by atoms with Crippen LogP contribution in [0.4, 0.5) is 0 Å². The van der Waals surface area contributed by atoms with E-state index in [4.69, 9.17) is 33.6 Å². The molecule has 5 heteroatoms. The molecule has 1 N–H and O–H groups in total. The molecule has 15 heavy (non-hydrogen) atoms. The SMILES string of the molecule is N#Cc1ccc(Cl)c(/C=C/C(=O)O)c1Cl. The van der Waals surface area contributed by atoms with E-state index in [2.05, 4.69) is 0 Å². The molecular formula is C10H5Cl2NO2. The Morgan fingerprint density at radius 3 is 2.67 bits per heavy atom. The lowest BCUT2D eigenvalue weighted by atomic mass is 10.1. The Labute approximate surface area is 96.2 Å². The monoisotopic (exact) mass is 241 g/mol. The Balaban J connectivity index is 3.28. The van der Waals surface area contributed by atoms with E-state index in [9.17, 15) is 4.79 Å². The Morgan fingerprint density at radius 1 is 1.47 bits per heavy atom. The van der Waals surface area contributed by atoms with E-state index in [1.54, 1.807) is 0 Å². The van der Waals surface area contributed by atoms with Crippen LogP contribution in [-0.4, -0.2) is 11.1 Å². The number of carbonyl (C=O) groups is 1. The molecule has 0 heterocycles. The lowest BCUT2D eigenvalue weighted by Crippen LogP contribution is -1.88. The van der Waals surface area contributed by atoms with Gasteiger partial charge in [-0.1, -0.05) is 23.2 Å². The van der Waals surface area contributed by atoms with Gasteiger partial charge >= 0.3 is 5.97 Å². The van der Waals surface area contributed by atoms with Crippen molar-refractivity contribution in [2.75, 3.05) is 0 Å². The summed E-state index contributed by atoms with van der Waals surface area (Å²) in [5.41, 5.74) is 0.589. The number of benzene rings is 1. The van der Waals surface area contributed by atoms with Crippen molar-refractivity contribution in [1.82, 2.24) is 0 Å². The minimum atomic E-state index is -1.11. The topological polar surface area (TPSA) is 61.1 Å². The van der Waals surface area contributed by atoms with Crippen LogP contribution in [0, 0.1) is 11.3 Å². The fourth-order valence-corrected chi connectivity index (χ4v) is 1.50. The van der Waals surface area contributed by atoms with Crippen molar-refractivity contribution >= 4 is 35.2 Å². The number of rotatable bonds is 2. The van der Waals surface area contributed by atoms with Gasteiger partial charge in [-0.05, 0) is 18.2 Å². The van der Waals surface area contributed by atoms with Crippen LogP contribution in [0.3, 0.4) is 0 Å². The number of hydrogen-bond acceptors (Lipinski definition) is 2. The van der Waals surface area contributed by atoms with E-state index < -0.39 is 5.97 Å². The molecule has 0 aromatic heterocycles. The fourth-order valence-electron chi connectivity index (χ4n) is 0.963. The molecule has 1 aromatic rings. The number of halogens is 2. The highest BCUT2D eigenvalue weighted by atomic mass is 35.5. The van der Waals surface area contributed by atoms with Crippen molar-refractivity contribution < 1.29 is 9.90 Å². The molecule has 0 amide bonds. The van der Waals surface area contributed by atoms with Crippen LogP contribution in [0.5, 0.6) is 0 Å². The Kier molecular flexibility index (Phi) is 3.73. The highest BCUT2D eigenvalue weighted by Gasteiger charge is 2.07. The lowest BCUT2D eigenvalue weighted by Gasteiger charge is -2.02. The molecule has 0 radical (unpaired) electrons. The van der Waals surface area contributed by atoms with E-state index >= 15 is 0 Å². The molecule has 0 unspecified atom stereocenters. The largest absolute Gasteiger partial charge is 0.478 e. The molecule has 1 rings (SSSR count). The molecule has 0 saturated carbocycles. The molecule has 0 aliphatic rings. The van der Waals surface area contributed by atoms with Gasteiger partial charge in [0, 0.05) is 16.7 Å². The number of nitriles is 1.